The molecule has 0 radical (unpaired) electrons. The number of halogens is 2. The average Bonchev–Trinajstić information content (AvgIpc) is 2.93. The molecular weight excluding hydrogens is 553 g/mol. The summed E-state index contributed by atoms with van der Waals surface area (Å²) in [6.07, 6.45) is 1.98. The van der Waals surface area contributed by atoms with E-state index >= 15 is 0 Å². The molecule has 0 aliphatic carbocycles. The smallest absolute Gasteiger partial charge is 0.264 e. The second kappa shape index (κ2) is 14.3. The lowest BCUT2D eigenvalue weighted by atomic mass is 10.1. The Balaban J connectivity index is 2.02. The molecule has 0 spiro atoms. The first-order valence-corrected chi connectivity index (χ1v) is 15.0. The highest BCUT2D eigenvalue weighted by Gasteiger charge is 2.33. The summed E-state index contributed by atoms with van der Waals surface area (Å²) in [4.78, 5) is 28.5. The predicted molar refractivity (Wildman–Crippen MR) is 156 cm³/mol. The van der Waals surface area contributed by atoms with E-state index in [-0.39, 0.29) is 17.3 Å². The molecule has 1 N–H and O–H groups in total. The molecule has 0 bridgehead atoms. The predicted octanol–water partition coefficient (Wildman–Crippen LogP) is 5.71. The molecule has 10 heteroatoms. The maximum Gasteiger partial charge on any atom is 0.264 e. The number of nitrogens with zero attached hydrogens (tertiary/aromatic N) is 2. The zero-order valence-electron chi connectivity index (χ0n) is 22.9. The third-order valence-electron chi connectivity index (χ3n) is 6.48. The second-order valence-corrected chi connectivity index (χ2v) is 11.8. The molecule has 0 aliphatic rings. The molecule has 3 aromatic carbocycles. The van der Waals surface area contributed by atoms with E-state index in [1.165, 1.54) is 41.3 Å². The molecule has 0 fully saturated rings. The van der Waals surface area contributed by atoms with Crippen molar-refractivity contribution < 1.29 is 22.4 Å². The van der Waals surface area contributed by atoms with Crippen LogP contribution < -0.4 is 9.62 Å². The molecule has 0 aliphatic heterocycles. The van der Waals surface area contributed by atoms with E-state index < -0.39 is 34.3 Å². The van der Waals surface area contributed by atoms with Crippen molar-refractivity contribution in [3.05, 3.63) is 94.8 Å². The summed E-state index contributed by atoms with van der Waals surface area (Å²) in [5.74, 6) is -1.32. The molecule has 40 heavy (non-hydrogen) atoms. The highest BCUT2D eigenvalue weighted by atomic mass is 35.5. The van der Waals surface area contributed by atoms with E-state index in [0.29, 0.717) is 29.2 Å². The molecule has 0 saturated heterocycles. The maximum absolute atomic E-state index is 14.0. The molecule has 0 saturated carbocycles. The quantitative estimate of drug-likeness (QED) is 0.260. The number of unbranched alkanes of at least 4 members (excludes halogenated alkanes) is 1. The Kier molecular flexibility index (Phi) is 11.1. The molecule has 1 unspecified atom stereocenters. The van der Waals surface area contributed by atoms with Crippen molar-refractivity contribution in [3.63, 3.8) is 0 Å². The van der Waals surface area contributed by atoms with Crippen LogP contribution in [-0.2, 0) is 26.2 Å². The lowest BCUT2D eigenvalue weighted by molar-refractivity contribution is -0.140. The number of hydrogen-bond donors (Lipinski definition) is 1. The van der Waals surface area contributed by atoms with Gasteiger partial charge in [-0.05, 0) is 73.9 Å². The standard InChI is InChI=1S/C30H35ClFN3O4S/c1-4-6-19-33-30(37)28(5-2)34(20-23-9-13-25(32)14-10-23)29(36)21-35(26-15-7-22(3)8-16-26)40(38,39)27-17-11-24(31)12-18-27/h7-18,28H,4-6,19-21H2,1-3H3,(H,33,37). The lowest BCUT2D eigenvalue weighted by Gasteiger charge is -2.33. The SMILES string of the molecule is CCCCNC(=O)C(CC)N(Cc1ccc(F)cc1)C(=O)CN(c1ccc(C)cc1)S(=O)(=O)c1ccc(Cl)cc1. The maximum atomic E-state index is 14.0. The van der Waals surface area contributed by atoms with E-state index in [1.54, 1.807) is 43.3 Å². The van der Waals surface area contributed by atoms with Crippen LogP contribution in [0.3, 0.4) is 0 Å². The normalized spacial score (nSPS) is 12.0. The van der Waals surface area contributed by atoms with Crippen LogP contribution in [0.1, 0.15) is 44.2 Å². The molecule has 3 rings (SSSR count). The van der Waals surface area contributed by atoms with Crippen LogP contribution in [0.4, 0.5) is 10.1 Å². The lowest BCUT2D eigenvalue weighted by Crippen LogP contribution is -2.52. The van der Waals surface area contributed by atoms with Crippen molar-refractivity contribution in [2.75, 3.05) is 17.4 Å². The molecular formula is C30H35ClFN3O4S. The fourth-order valence-electron chi connectivity index (χ4n) is 4.19. The summed E-state index contributed by atoms with van der Waals surface area (Å²) in [5.41, 5.74) is 1.83. The van der Waals surface area contributed by atoms with E-state index in [4.69, 9.17) is 11.6 Å². The van der Waals surface area contributed by atoms with Gasteiger partial charge in [-0.3, -0.25) is 13.9 Å². The van der Waals surface area contributed by atoms with Crippen LogP contribution in [0, 0.1) is 12.7 Å². The number of aryl methyl sites for hydroxylation is 1. The van der Waals surface area contributed by atoms with E-state index in [9.17, 15) is 22.4 Å². The molecule has 1 atom stereocenters. The van der Waals surface area contributed by atoms with Gasteiger partial charge in [-0.15, -0.1) is 0 Å². The van der Waals surface area contributed by atoms with Gasteiger partial charge in [-0.2, -0.15) is 0 Å². The largest absolute Gasteiger partial charge is 0.354 e. The molecule has 7 nitrogen and oxygen atoms in total. The number of sulfonamides is 1. The first kappa shape index (κ1) is 31.1. The van der Waals surface area contributed by atoms with E-state index in [2.05, 4.69) is 5.32 Å². The van der Waals surface area contributed by atoms with Crippen molar-refractivity contribution in [1.82, 2.24) is 10.2 Å². The molecule has 0 aromatic heterocycles. The Labute approximate surface area is 241 Å². The molecule has 0 heterocycles. The number of carbonyl (C=O) groups excluding carboxylic acids is 2. The van der Waals surface area contributed by atoms with Gasteiger partial charge < -0.3 is 10.2 Å². The fourth-order valence-corrected chi connectivity index (χ4v) is 5.73. The monoisotopic (exact) mass is 587 g/mol. The number of hydrogen-bond acceptors (Lipinski definition) is 4. The highest BCUT2D eigenvalue weighted by Crippen LogP contribution is 2.26. The Hall–Kier alpha value is -3.43. The van der Waals surface area contributed by atoms with Crippen molar-refractivity contribution in [2.24, 2.45) is 0 Å². The number of carbonyl (C=O) groups is 2. The van der Waals surface area contributed by atoms with Crippen LogP contribution in [0.2, 0.25) is 5.02 Å². The number of nitrogens with one attached hydrogen (secondary N) is 1. The first-order valence-electron chi connectivity index (χ1n) is 13.2. The molecule has 3 aromatic rings. The Bertz CT molecular complexity index is 1380. The van der Waals surface area contributed by atoms with Gasteiger partial charge in [0.25, 0.3) is 10.0 Å². The van der Waals surface area contributed by atoms with Crippen LogP contribution in [0.15, 0.2) is 77.7 Å². The summed E-state index contributed by atoms with van der Waals surface area (Å²) < 4.78 is 42.3. The number of benzene rings is 3. The van der Waals surface area contributed by atoms with Crippen molar-refractivity contribution in [1.29, 1.82) is 0 Å². The van der Waals surface area contributed by atoms with Gasteiger partial charge in [-0.25, -0.2) is 12.8 Å². The summed E-state index contributed by atoms with van der Waals surface area (Å²) in [7, 11) is -4.18. The minimum atomic E-state index is -4.18. The van der Waals surface area contributed by atoms with Crippen molar-refractivity contribution >= 4 is 39.1 Å². The van der Waals surface area contributed by atoms with Crippen LogP contribution >= 0.6 is 11.6 Å². The summed E-state index contributed by atoms with van der Waals surface area (Å²) >= 11 is 5.98. The summed E-state index contributed by atoms with van der Waals surface area (Å²) in [6, 6.07) is 17.3. The Morgan fingerprint density at radius 2 is 1.57 bits per heavy atom. The minimum Gasteiger partial charge on any atom is -0.354 e. The van der Waals surface area contributed by atoms with Crippen molar-refractivity contribution in [3.8, 4) is 0 Å². The van der Waals surface area contributed by atoms with Crippen molar-refractivity contribution in [2.45, 2.75) is 57.5 Å². The van der Waals surface area contributed by atoms with Gasteiger partial charge in [0.1, 0.15) is 18.4 Å². The van der Waals surface area contributed by atoms with E-state index in [0.717, 1.165) is 22.7 Å². The van der Waals surface area contributed by atoms with Crippen LogP contribution in [0.5, 0.6) is 0 Å². The highest BCUT2D eigenvalue weighted by molar-refractivity contribution is 7.92. The Morgan fingerprint density at radius 3 is 2.15 bits per heavy atom. The fraction of sp³-hybridized carbons (Fsp3) is 0.333. The third kappa shape index (κ3) is 8.05. The first-order chi connectivity index (χ1) is 19.1. The minimum absolute atomic E-state index is 0.00154. The van der Waals surface area contributed by atoms with Crippen LogP contribution in [-0.4, -0.2) is 44.3 Å². The zero-order chi connectivity index (χ0) is 29.3. The third-order valence-corrected chi connectivity index (χ3v) is 8.52. The topological polar surface area (TPSA) is 86.8 Å². The summed E-state index contributed by atoms with van der Waals surface area (Å²) in [6.45, 7) is 5.59. The van der Waals surface area contributed by atoms with Gasteiger partial charge >= 0.3 is 0 Å². The number of anilines is 1. The van der Waals surface area contributed by atoms with Gasteiger partial charge in [0.2, 0.25) is 11.8 Å². The van der Waals surface area contributed by atoms with Crippen LogP contribution in [0.25, 0.3) is 0 Å². The second-order valence-electron chi connectivity index (χ2n) is 9.52. The number of amides is 2. The van der Waals surface area contributed by atoms with Gasteiger partial charge in [-0.1, -0.05) is 61.7 Å². The van der Waals surface area contributed by atoms with E-state index in [1.807, 2.05) is 13.8 Å². The zero-order valence-corrected chi connectivity index (χ0v) is 24.5. The molecule has 214 valence electrons. The van der Waals surface area contributed by atoms with Gasteiger partial charge in [0, 0.05) is 18.1 Å². The molecule has 2 amide bonds. The Morgan fingerprint density at radius 1 is 0.950 bits per heavy atom. The van der Waals surface area contributed by atoms with Gasteiger partial charge in [0.15, 0.2) is 0 Å². The average molecular weight is 588 g/mol. The summed E-state index contributed by atoms with van der Waals surface area (Å²) in [5, 5.41) is 3.26. The number of rotatable bonds is 13. The van der Waals surface area contributed by atoms with Gasteiger partial charge in [0.05, 0.1) is 10.6 Å².